The molecule has 0 fully saturated rings. The van der Waals surface area contributed by atoms with Crippen LogP contribution in [-0.4, -0.2) is 16.8 Å². The van der Waals surface area contributed by atoms with Gasteiger partial charge in [0.2, 0.25) is 0 Å². The summed E-state index contributed by atoms with van der Waals surface area (Å²) in [4.78, 5) is 14.6. The minimum atomic E-state index is -3.74. The summed E-state index contributed by atoms with van der Waals surface area (Å²) in [5.74, 6) is -5.69. The Morgan fingerprint density at radius 1 is 1.59 bits per heavy atom. The van der Waals surface area contributed by atoms with Gasteiger partial charge < -0.3 is 4.42 Å². The van der Waals surface area contributed by atoms with Gasteiger partial charge in [-0.2, -0.15) is 13.8 Å². The maximum absolute atomic E-state index is 13.3. The van der Waals surface area contributed by atoms with Gasteiger partial charge in [0.15, 0.2) is 0 Å². The van der Waals surface area contributed by atoms with Crippen molar-refractivity contribution in [2.45, 2.75) is 39.0 Å². The molecule has 0 bridgehead atoms. The van der Waals surface area contributed by atoms with Crippen LogP contribution in [0.5, 0.6) is 0 Å². The number of aryl methyl sites for hydroxylation is 1. The van der Waals surface area contributed by atoms with E-state index in [0.717, 1.165) is 6.26 Å². The maximum Gasteiger partial charge on any atom is 0.334 e. The number of unbranched alkanes of at least 4 members (excludes halogenated alkanes) is 1. The summed E-state index contributed by atoms with van der Waals surface area (Å²) in [5, 5.41) is -0.747. The largest absolute Gasteiger partial charge is 0.430 e. The van der Waals surface area contributed by atoms with Gasteiger partial charge in [0.1, 0.15) is 6.26 Å². The summed E-state index contributed by atoms with van der Waals surface area (Å²) in [5.41, 5.74) is 0.298. The smallest absolute Gasteiger partial charge is 0.334 e. The molecule has 0 spiro atoms. The zero-order valence-corrected chi connectivity index (χ0v) is 9.54. The second-order valence-electron chi connectivity index (χ2n) is 3.67. The van der Waals surface area contributed by atoms with E-state index in [-0.39, 0.29) is 6.42 Å². The molecule has 17 heavy (non-hydrogen) atoms. The SMILES string of the molecule is CCCCC(F)(F)C(=O)N(F)c1nc(C)co1. The molecule has 0 atom stereocenters. The van der Waals surface area contributed by atoms with Crippen LogP contribution in [0.4, 0.5) is 19.3 Å². The van der Waals surface area contributed by atoms with Crippen LogP contribution in [0.2, 0.25) is 0 Å². The molecule has 0 radical (unpaired) electrons. The summed E-state index contributed by atoms with van der Waals surface area (Å²) < 4.78 is 44.3. The molecule has 7 heteroatoms. The molecule has 0 saturated heterocycles. The normalized spacial score (nSPS) is 11.6. The van der Waals surface area contributed by atoms with E-state index in [0.29, 0.717) is 12.1 Å². The lowest BCUT2D eigenvalue weighted by Gasteiger charge is -2.16. The maximum atomic E-state index is 13.3. The summed E-state index contributed by atoms with van der Waals surface area (Å²) in [7, 11) is 0. The van der Waals surface area contributed by atoms with Crippen molar-refractivity contribution in [1.29, 1.82) is 0 Å². The molecule has 0 saturated carbocycles. The Bertz CT molecular complexity index is 393. The highest BCUT2D eigenvalue weighted by Crippen LogP contribution is 2.27. The highest BCUT2D eigenvalue weighted by molar-refractivity contribution is 5.94. The third kappa shape index (κ3) is 3.21. The third-order valence-corrected chi connectivity index (χ3v) is 2.11. The van der Waals surface area contributed by atoms with E-state index in [1.54, 1.807) is 6.92 Å². The van der Waals surface area contributed by atoms with Crippen LogP contribution in [0.25, 0.3) is 0 Å². The van der Waals surface area contributed by atoms with Gasteiger partial charge in [0, 0.05) is 6.42 Å². The van der Waals surface area contributed by atoms with E-state index in [2.05, 4.69) is 9.40 Å². The number of carbonyl (C=O) groups excluding carboxylic acids is 1. The minimum absolute atomic E-state index is 0.136. The number of anilines is 1. The topological polar surface area (TPSA) is 46.3 Å². The molecule has 1 amide bonds. The van der Waals surface area contributed by atoms with Crippen molar-refractivity contribution in [3.8, 4) is 0 Å². The van der Waals surface area contributed by atoms with Gasteiger partial charge in [-0.3, -0.25) is 4.79 Å². The standard InChI is InChI=1S/C10H13F3N2O2/c1-3-4-5-10(11,12)8(16)15(13)9-14-7(2)6-17-9/h6H,3-5H2,1-2H3. The summed E-state index contributed by atoms with van der Waals surface area (Å²) >= 11 is 0. The lowest BCUT2D eigenvalue weighted by atomic mass is 10.1. The van der Waals surface area contributed by atoms with Crippen LogP contribution in [0.3, 0.4) is 0 Å². The lowest BCUT2D eigenvalue weighted by Crippen LogP contribution is -2.39. The second kappa shape index (κ2) is 5.20. The molecule has 0 unspecified atom stereocenters. The number of hydrogen-bond donors (Lipinski definition) is 0. The first-order valence-electron chi connectivity index (χ1n) is 5.18. The Labute approximate surface area is 96.4 Å². The molecule has 0 aromatic carbocycles. The van der Waals surface area contributed by atoms with Gasteiger partial charge in [0.25, 0.3) is 0 Å². The Balaban J connectivity index is 2.75. The molecular formula is C10H13F3N2O2. The third-order valence-electron chi connectivity index (χ3n) is 2.11. The highest BCUT2D eigenvalue weighted by atomic mass is 19.3. The van der Waals surface area contributed by atoms with E-state index in [4.69, 9.17) is 0 Å². The number of nitrogens with zero attached hydrogens (tertiary/aromatic N) is 2. The number of oxazole rings is 1. The molecule has 1 heterocycles. The van der Waals surface area contributed by atoms with E-state index < -0.39 is 29.4 Å². The van der Waals surface area contributed by atoms with Gasteiger partial charge in [-0.15, -0.1) is 0 Å². The second-order valence-corrected chi connectivity index (χ2v) is 3.67. The number of rotatable bonds is 5. The van der Waals surface area contributed by atoms with Gasteiger partial charge in [0.05, 0.1) is 5.69 Å². The number of carbonyl (C=O) groups is 1. The van der Waals surface area contributed by atoms with Crippen LogP contribution in [0, 0.1) is 6.92 Å². The van der Waals surface area contributed by atoms with E-state index in [1.807, 2.05) is 0 Å². The predicted molar refractivity (Wildman–Crippen MR) is 54.3 cm³/mol. The van der Waals surface area contributed by atoms with Crippen molar-refractivity contribution in [1.82, 2.24) is 4.98 Å². The van der Waals surface area contributed by atoms with Crippen LogP contribution < -0.4 is 5.12 Å². The minimum Gasteiger partial charge on any atom is -0.430 e. The van der Waals surface area contributed by atoms with Crippen molar-refractivity contribution in [2.24, 2.45) is 0 Å². The van der Waals surface area contributed by atoms with Crippen molar-refractivity contribution >= 4 is 11.9 Å². The fraction of sp³-hybridized carbons (Fsp3) is 0.600. The zero-order valence-electron chi connectivity index (χ0n) is 9.54. The van der Waals surface area contributed by atoms with Gasteiger partial charge in [-0.25, -0.2) is 0 Å². The number of alkyl halides is 2. The van der Waals surface area contributed by atoms with Crippen molar-refractivity contribution in [3.05, 3.63) is 12.0 Å². The number of hydrogen-bond acceptors (Lipinski definition) is 3. The number of halogens is 3. The van der Waals surface area contributed by atoms with Crippen LogP contribution >= 0.6 is 0 Å². The Hall–Kier alpha value is -1.53. The summed E-state index contributed by atoms with van der Waals surface area (Å²) in [6.07, 6.45) is 1.01. The predicted octanol–water partition coefficient (Wildman–Crippen LogP) is 3.03. The number of aromatic nitrogens is 1. The van der Waals surface area contributed by atoms with E-state index >= 15 is 0 Å². The lowest BCUT2D eigenvalue weighted by molar-refractivity contribution is -0.147. The average molecular weight is 250 g/mol. The van der Waals surface area contributed by atoms with Crippen molar-refractivity contribution in [3.63, 3.8) is 0 Å². The van der Waals surface area contributed by atoms with Crippen LogP contribution in [0.15, 0.2) is 10.7 Å². The van der Waals surface area contributed by atoms with Gasteiger partial charge in [-0.05, 0) is 13.3 Å². The molecule has 1 aromatic rings. The molecule has 0 aliphatic heterocycles. The van der Waals surface area contributed by atoms with Crippen LogP contribution in [-0.2, 0) is 4.79 Å². The molecular weight excluding hydrogens is 237 g/mol. The molecule has 96 valence electrons. The van der Waals surface area contributed by atoms with Crippen molar-refractivity contribution in [2.75, 3.05) is 5.12 Å². The quantitative estimate of drug-likeness (QED) is 0.754. The molecule has 1 rings (SSSR count). The van der Waals surface area contributed by atoms with Gasteiger partial charge >= 0.3 is 17.8 Å². The molecule has 0 aliphatic rings. The summed E-state index contributed by atoms with van der Waals surface area (Å²) in [6, 6.07) is -0.774. The highest BCUT2D eigenvalue weighted by Gasteiger charge is 2.44. The Kier molecular flexibility index (Phi) is 4.14. The summed E-state index contributed by atoms with van der Waals surface area (Å²) in [6.45, 7) is 3.19. The molecule has 0 N–H and O–H groups in total. The average Bonchev–Trinajstić information content (AvgIpc) is 2.71. The molecule has 0 aliphatic carbocycles. The Morgan fingerprint density at radius 2 is 2.24 bits per heavy atom. The molecule has 1 aromatic heterocycles. The first-order chi connectivity index (χ1) is 7.88. The number of amides is 1. The first-order valence-corrected chi connectivity index (χ1v) is 5.18. The fourth-order valence-corrected chi connectivity index (χ4v) is 1.17. The van der Waals surface area contributed by atoms with E-state index in [9.17, 15) is 18.1 Å². The first kappa shape index (κ1) is 13.5. The monoisotopic (exact) mass is 250 g/mol. The van der Waals surface area contributed by atoms with Crippen LogP contribution in [0.1, 0.15) is 31.9 Å². The van der Waals surface area contributed by atoms with E-state index in [1.165, 1.54) is 6.92 Å². The van der Waals surface area contributed by atoms with Crippen molar-refractivity contribution < 1.29 is 22.5 Å². The molecule has 4 nitrogen and oxygen atoms in total. The Morgan fingerprint density at radius 3 is 2.71 bits per heavy atom. The fourth-order valence-electron chi connectivity index (χ4n) is 1.17. The van der Waals surface area contributed by atoms with Gasteiger partial charge in [-0.1, -0.05) is 22.9 Å². The zero-order chi connectivity index (χ0) is 13.1.